The normalized spacial score (nSPS) is 63.6. The van der Waals surface area contributed by atoms with Gasteiger partial charge in [0.05, 0.1) is 12.2 Å². The molecule has 0 aromatic rings. The van der Waals surface area contributed by atoms with Gasteiger partial charge in [-0.05, 0) is 23.2 Å². The molecule has 8 atom stereocenters. The van der Waals surface area contributed by atoms with Crippen LogP contribution >= 0.6 is 0 Å². The SMILES string of the molecule is C[C@@H]1CC(=O)[C@@H]2[C@@H]3[C@H]1[C@@]2(C)[C@H](O)[C@H]1O[C@H]1C3(C)C. The lowest BCUT2D eigenvalue weighted by molar-refractivity contribution is -0.242. The Balaban J connectivity index is 1.88. The smallest absolute Gasteiger partial charge is 0.137 e. The van der Waals surface area contributed by atoms with Crippen LogP contribution in [0.4, 0.5) is 0 Å². The van der Waals surface area contributed by atoms with Crippen molar-refractivity contribution in [2.75, 3.05) is 0 Å². The highest BCUT2D eigenvalue weighted by Gasteiger charge is 2.79. The Kier molecular flexibility index (Phi) is 1.81. The molecular formula is C15H22O3. The van der Waals surface area contributed by atoms with Crippen LogP contribution in [-0.4, -0.2) is 29.2 Å². The van der Waals surface area contributed by atoms with Crippen LogP contribution in [0.2, 0.25) is 0 Å². The van der Waals surface area contributed by atoms with Crippen LogP contribution in [-0.2, 0) is 9.53 Å². The van der Waals surface area contributed by atoms with E-state index >= 15 is 0 Å². The summed E-state index contributed by atoms with van der Waals surface area (Å²) in [5.74, 6) is 1.75. The molecule has 0 spiro atoms. The standard InChI is InChI=1S/C15H22O3/c1-6-5-7(16)9-10-8(6)15(9,4)12(17)11-13(18-11)14(10,2)3/h6,8-13,17H,5H2,1-4H3/t6-,8+,9-,10+,11-,12-,13-,15-/m1/s1. The van der Waals surface area contributed by atoms with Gasteiger partial charge in [0.1, 0.15) is 11.9 Å². The average molecular weight is 250 g/mol. The molecule has 1 N–H and O–H groups in total. The Morgan fingerprint density at radius 1 is 1.28 bits per heavy atom. The first-order valence-electron chi connectivity index (χ1n) is 7.17. The summed E-state index contributed by atoms with van der Waals surface area (Å²) in [4.78, 5) is 12.4. The van der Waals surface area contributed by atoms with E-state index in [4.69, 9.17) is 4.74 Å². The molecule has 5 aliphatic carbocycles. The van der Waals surface area contributed by atoms with Crippen molar-refractivity contribution >= 4 is 5.78 Å². The van der Waals surface area contributed by atoms with Gasteiger partial charge in [-0.3, -0.25) is 4.79 Å². The highest BCUT2D eigenvalue weighted by molar-refractivity contribution is 5.86. The predicted octanol–water partition coefficient (Wildman–Crippen LogP) is 1.63. The number of aliphatic hydroxyl groups is 1. The van der Waals surface area contributed by atoms with Gasteiger partial charge in [0.15, 0.2) is 0 Å². The zero-order chi connectivity index (χ0) is 13.0. The van der Waals surface area contributed by atoms with Crippen molar-refractivity contribution in [1.82, 2.24) is 0 Å². The molecule has 5 saturated carbocycles. The quantitative estimate of drug-likeness (QED) is 0.665. The molecule has 0 aromatic heterocycles. The van der Waals surface area contributed by atoms with E-state index in [0.29, 0.717) is 30.0 Å². The fourth-order valence-electron chi connectivity index (χ4n) is 5.94. The molecule has 1 aliphatic heterocycles. The molecule has 4 bridgehead atoms. The number of fused-ring (bicyclic) bond motifs is 2. The van der Waals surface area contributed by atoms with Gasteiger partial charge >= 0.3 is 0 Å². The second-order valence-electron chi connectivity index (χ2n) is 7.83. The van der Waals surface area contributed by atoms with Crippen LogP contribution in [0.25, 0.3) is 0 Å². The molecule has 6 aliphatic rings. The molecule has 18 heavy (non-hydrogen) atoms. The van der Waals surface area contributed by atoms with E-state index in [2.05, 4.69) is 27.7 Å². The van der Waals surface area contributed by atoms with Gasteiger partial charge in [-0.25, -0.2) is 0 Å². The second-order valence-corrected chi connectivity index (χ2v) is 7.83. The summed E-state index contributed by atoms with van der Waals surface area (Å²) in [6.45, 7) is 8.76. The molecule has 100 valence electrons. The van der Waals surface area contributed by atoms with Crippen LogP contribution in [0.3, 0.4) is 0 Å². The number of ketones is 1. The van der Waals surface area contributed by atoms with Crippen LogP contribution < -0.4 is 0 Å². The number of Topliss-reactive ketones (excluding diaryl/α,β-unsaturated/α-hetero) is 1. The molecule has 3 heteroatoms. The van der Waals surface area contributed by atoms with E-state index in [9.17, 15) is 9.90 Å². The Bertz CT molecular complexity index is 443. The van der Waals surface area contributed by atoms with Crippen molar-refractivity contribution in [3.05, 3.63) is 0 Å². The molecule has 1 heterocycles. The van der Waals surface area contributed by atoms with E-state index in [1.807, 2.05) is 0 Å². The van der Waals surface area contributed by atoms with Gasteiger partial charge in [-0.1, -0.05) is 27.7 Å². The van der Waals surface area contributed by atoms with Crippen LogP contribution in [0.5, 0.6) is 0 Å². The maximum absolute atomic E-state index is 12.4. The Hall–Kier alpha value is -0.410. The van der Waals surface area contributed by atoms with Gasteiger partial charge < -0.3 is 9.84 Å². The van der Waals surface area contributed by atoms with E-state index in [-0.39, 0.29) is 29.0 Å². The number of aliphatic hydroxyl groups excluding tert-OH is 1. The molecular weight excluding hydrogens is 228 g/mol. The molecule has 0 amide bonds. The maximum Gasteiger partial charge on any atom is 0.137 e. The van der Waals surface area contributed by atoms with E-state index in [1.54, 1.807) is 0 Å². The lowest BCUT2D eigenvalue weighted by atomic mass is 9.35. The summed E-state index contributed by atoms with van der Waals surface area (Å²) < 4.78 is 5.73. The number of epoxide rings is 1. The summed E-state index contributed by atoms with van der Waals surface area (Å²) in [6, 6.07) is 0. The number of carbonyl (C=O) groups is 1. The van der Waals surface area contributed by atoms with Crippen molar-refractivity contribution in [3.63, 3.8) is 0 Å². The summed E-state index contributed by atoms with van der Waals surface area (Å²) in [5.41, 5.74) is -0.200. The molecule has 6 fully saturated rings. The lowest BCUT2D eigenvalue weighted by Gasteiger charge is -2.68. The van der Waals surface area contributed by atoms with E-state index in [0.717, 1.165) is 0 Å². The highest BCUT2D eigenvalue weighted by atomic mass is 16.6. The average Bonchev–Trinajstić information content (AvgIpc) is 3.03. The van der Waals surface area contributed by atoms with Crippen molar-refractivity contribution in [3.8, 4) is 0 Å². The van der Waals surface area contributed by atoms with Gasteiger partial charge in [-0.2, -0.15) is 0 Å². The number of hydrogen-bond donors (Lipinski definition) is 1. The fourth-order valence-corrected chi connectivity index (χ4v) is 5.94. The predicted molar refractivity (Wildman–Crippen MR) is 65.8 cm³/mol. The van der Waals surface area contributed by atoms with Crippen molar-refractivity contribution in [2.24, 2.45) is 34.5 Å². The van der Waals surface area contributed by atoms with Crippen LogP contribution in [0, 0.1) is 34.5 Å². The first-order chi connectivity index (χ1) is 8.31. The third kappa shape index (κ3) is 0.935. The minimum Gasteiger partial charge on any atom is -0.390 e. The topological polar surface area (TPSA) is 49.8 Å². The van der Waals surface area contributed by atoms with Gasteiger partial charge in [-0.15, -0.1) is 0 Å². The lowest BCUT2D eigenvalue weighted by Crippen LogP contribution is -2.71. The summed E-state index contributed by atoms with van der Waals surface area (Å²) in [5, 5.41) is 10.7. The number of carbonyl (C=O) groups excluding carboxylic acids is 1. The Morgan fingerprint density at radius 2 is 1.94 bits per heavy atom. The summed E-state index contributed by atoms with van der Waals surface area (Å²) in [6.07, 6.45) is 0.383. The first kappa shape index (κ1) is 11.4. The van der Waals surface area contributed by atoms with Crippen LogP contribution in [0.1, 0.15) is 34.1 Å². The molecule has 0 radical (unpaired) electrons. The zero-order valence-corrected chi connectivity index (χ0v) is 11.5. The minimum atomic E-state index is -0.456. The van der Waals surface area contributed by atoms with Crippen molar-refractivity contribution in [1.29, 1.82) is 0 Å². The van der Waals surface area contributed by atoms with Crippen molar-refractivity contribution in [2.45, 2.75) is 52.4 Å². The number of rotatable bonds is 0. The van der Waals surface area contributed by atoms with Gasteiger partial charge in [0.25, 0.3) is 0 Å². The maximum atomic E-state index is 12.4. The first-order valence-corrected chi connectivity index (χ1v) is 7.17. The fraction of sp³-hybridized carbons (Fsp3) is 0.933. The largest absolute Gasteiger partial charge is 0.390 e. The Morgan fingerprint density at radius 3 is 2.56 bits per heavy atom. The molecule has 1 saturated heterocycles. The number of hydrogen-bond acceptors (Lipinski definition) is 3. The number of ether oxygens (including phenoxy) is 1. The van der Waals surface area contributed by atoms with E-state index < -0.39 is 6.10 Å². The van der Waals surface area contributed by atoms with Crippen LogP contribution in [0.15, 0.2) is 0 Å². The van der Waals surface area contributed by atoms with E-state index in [1.165, 1.54) is 0 Å². The zero-order valence-electron chi connectivity index (χ0n) is 11.5. The molecule has 6 rings (SSSR count). The third-order valence-corrected chi connectivity index (χ3v) is 6.68. The molecule has 0 aromatic carbocycles. The summed E-state index contributed by atoms with van der Waals surface area (Å²) >= 11 is 0. The van der Waals surface area contributed by atoms with Crippen molar-refractivity contribution < 1.29 is 14.6 Å². The minimum absolute atomic E-state index is 0.0272. The Labute approximate surface area is 108 Å². The summed E-state index contributed by atoms with van der Waals surface area (Å²) in [7, 11) is 0. The molecule has 3 nitrogen and oxygen atoms in total. The van der Waals surface area contributed by atoms with Gasteiger partial charge in [0.2, 0.25) is 0 Å². The third-order valence-electron chi connectivity index (χ3n) is 6.68. The molecule has 0 unspecified atom stereocenters. The highest BCUT2D eigenvalue weighted by Crippen LogP contribution is 2.75. The second kappa shape index (κ2) is 2.85. The monoisotopic (exact) mass is 250 g/mol. The van der Waals surface area contributed by atoms with Gasteiger partial charge in [0, 0.05) is 17.8 Å².